The minimum absolute atomic E-state index is 0.125. The van der Waals surface area contributed by atoms with Crippen LogP contribution in [0.1, 0.15) is 5.56 Å². The summed E-state index contributed by atoms with van der Waals surface area (Å²) in [7, 11) is 1.59. The van der Waals surface area contributed by atoms with Crippen molar-refractivity contribution in [2.45, 2.75) is 6.42 Å². The van der Waals surface area contributed by atoms with Crippen LogP contribution in [0.4, 0.5) is 5.69 Å². The molecule has 0 aliphatic rings. The Morgan fingerprint density at radius 2 is 2.09 bits per heavy atom. The highest BCUT2D eigenvalue weighted by Crippen LogP contribution is 2.20. The highest BCUT2D eigenvalue weighted by molar-refractivity contribution is 5.93. The van der Waals surface area contributed by atoms with Gasteiger partial charge in [0.15, 0.2) is 0 Å². The van der Waals surface area contributed by atoms with Crippen LogP contribution in [0.5, 0.6) is 5.75 Å². The number of aromatic nitrogens is 4. The molecule has 0 saturated heterocycles. The second kappa shape index (κ2) is 6.69. The first-order valence-electron chi connectivity index (χ1n) is 7.02. The van der Waals surface area contributed by atoms with E-state index in [4.69, 9.17) is 4.74 Å². The average Bonchev–Trinajstić information content (AvgIpc) is 3.10. The molecule has 0 fully saturated rings. The van der Waals surface area contributed by atoms with Crippen LogP contribution in [-0.2, 0) is 11.2 Å². The summed E-state index contributed by atoms with van der Waals surface area (Å²) >= 11 is 0. The van der Waals surface area contributed by atoms with E-state index in [2.05, 4.69) is 25.9 Å². The number of H-pyrrole nitrogens is 1. The molecule has 1 amide bonds. The Hall–Kier alpha value is -3.22. The maximum Gasteiger partial charge on any atom is 0.228 e. The lowest BCUT2D eigenvalue weighted by molar-refractivity contribution is -0.115. The summed E-state index contributed by atoms with van der Waals surface area (Å²) < 4.78 is 5.26. The Labute approximate surface area is 132 Å². The van der Waals surface area contributed by atoms with Gasteiger partial charge >= 0.3 is 0 Å². The van der Waals surface area contributed by atoms with Crippen molar-refractivity contribution in [2.75, 3.05) is 12.4 Å². The third-order valence-corrected chi connectivity index (χ3v) is 3.29. The van der Waals surface area contributed by atoms with Crippen LogP contribution in [-0.4, -0.2) is 33.6 Å². The van der Waals surface area contributed by atoms with Crippen LogP contribution in [0.15, 0.2) is 48.5 Å². The lowest BCUT2D eigenvalue weighted by Gasteiger charge is -2.09. The highest BCUT2D eigenvalue weighted by atomic mass is 16.5. The fraction of sp³-hybridized carbons (Fsp3) is 0.125. The molecule has 23 heavy (non-hydrogen) atoms. The van der Waals surface area contributed by atoms with E-state index < -0.39 is 0 Å². The number of nitrogens with zero attached hydrogens (tertiary/aromatic N) is 3. The van der Waals surface area contributed by atoms with Crippen molar-refractivity contribution in [3.63, 3.8) is 0 Å². The first-order chi connectivity index (χ1) is 11.3. The van der Waals surface area contributed by atoms with Gasteiger partial charge in [0, 0.05) is 16.8 Å². The van der Waals surface area contributed by atoms with E-state index in [1.165, 1.54) is 0 Å². The number of anilines is 1. The van der Waals surface area contributed by atoms with Gasteiger partial charge in [-0.25, -0.2) is 0 Å². The van der Waals surface area contributed by atoms with Gasteiger partial charge in [-0.15, -0.1) is 10.2 Å². The molecule has 0 atom stereocenters. The van der Waals surface area contributed by atoms with Crippen molar-refractivity contribution < 1.29 is 9.53 Å². The van der Waals surface area contributed by atoms with Crippen LogP contribution in [0.25, 0.3) is 11.4 Å². The van der Waals surface area contributed by atoms with Crippen molar-refractivity contribution in [1.82, 2.24) is 20.6 Å². The Bertz CT molecular complexity index is 802. The number of benzene rings is 2. The molecule has 0 unspecified atom stereocenters. The molecule has 1 heterocycles. The van der Waals surface area contributed by atoms with Crippen molar-refractivity contribution in [1.29, 1.82) is 0 Å². The third-order valence-electron chi connectivity index (χ3n) is 3.29. The van der Waals surface area contributed by atoms with Crippen molar-refractivity contribution in [3.05, 3.63) is 54.1 Å². The van der Waals surface area contributed by atoms with Crippen LogP contribution in [0.3, 0.4) is 0 Å². The summed E-state index contributed by atoms with van der Waals surface area (Å²) in [5.41, 5.74) is 2.28. The summed E-state index contributed by atoms with van der Waals surface area (Å²) in [5.74, 6) is 1.05. The second-order valence-electron chi connectivity index (χ2n) is 4.85. The van der Waals surface area contributed by atoms with Crippen LogP contribution in [0, 0.1) is 0 Å². The van der Waals surface area contributed by atoms with Crippen LogP contribution in [0.2, 0.25) is 0 Å². The zero-order chi connectivity index (χ0) is 16.1. The molecule has 7 nitrogen and oxygen atoms in total. The summed E-state index contributed by atoms with van der Waals surface area (Å²) in [6, 6.07) is 14.7. The van der Waals surface area contributed by atoms with Gasteiger partial charge in [0.25, 0.3) is 0 Å². The van der Waals surface area contributed by atoms with Gasteiger partial charge in [0.2, 0.25) is 11.7 Å². The molecule has 7 heteroatoms. The number of aromatic amines is 1. The first kappa shape index (κ1) is 14.7. The number of carbonyl (C=O) groups is 1. The molecule has 0 saturated carbocycles. The van der Waals surface area contributed by atoms with E-state index in [0.717, 1.165) is 11.1 Å². The molecule has 3 rings (SSSR count). The number of ether oxygens (including phenoxy) is 1. The molecule has 2 aromatic carbocycles. The zero-order valence-corrected chi connectivity index (χ0v) is 12.5. The van der Waals surface area contributed by atoms with Crippen LogP contribution < -0.4 is 10.1 Å². The summed E-state index contributed by atoms with van der Waals surface area (Å²) in [4.78, 5) is 12.2. The van der Waals surface area contributed by atoms with Crippen molar-refractivity contribution in [2.24, 2.45) is 0 Å². The lowest BCUT2D eigenvalue weighted by atomic mass is 10.1. The Morgan fingerprint density at radius 1 is 1.22 bits per heavy atom. The van der Waals surface area contributed by atoms with Crippen molar-refractivity contribution >= 4 is 11.6 Å². The molecule has 0 bridgehead atoms. The molecule has 2 N–H and O–H groups in total. The number of carbonyl (C=O) groups excluding carboxylic acids is 1. The molecule has 0 radical (unpaired) electrons. The predicted octanol–water partition coefficient (Wildman–Crippen LogP) is 2.06. The molecule has 0 aliphatic carbocycles. The standard InChI is InChI=1S/C16H15N5O2/c1-23-14-8-3-2-5-11(14)10-15(22)17-13-7-4-6-12(9-13)16-18-20-21-19-16/h2-9H,10H2,1H3,(H,17,22)(H,18,19,20,21). The van der Waals surface area contributed by atoms with Gasteiger partial charge in [0.05, 0.1) is 13.5 Å². The topological polar surface area (TPSA) is 92.8 Å². The fourth-order valence-electron chi connectivity index (χ4n) is 2.25. The molecular weight excluding hydrogens is 294 g/mol. The van der Waals surface area contributed by atoms with Crippen LogP contribution >= 0.6 is 0 Å². The zero-order valence-electron chi connectivity index (χ0n) is 12.5. The number of nitrogens with one attached hydrogen (secondary N) is 2. The number of hydrogen-bond acceptors (Lipinski definition) is 5. The van der Waals surface area contributed by atoms with E-state index >= 15 is 0 Å². The number of tetrazole rings is 1. The predicted molar refractivity (Wildman–Crippen MR) is 84.9 cm³/mol. The summed E-state index contributed by atoms with van der Waals surface area (Å²) in [6.45, 7) is 0. The maximum absolute atomic E-state index is 12.2. The molecule has 3 aromatic rings. The average molecular weight is 309 g/mol. The maximum atomic E-state index is 12.2. The van der Waals surface area contributed by atoms with E-state index in [1.807, 2.05) is 42.5 Å². The Morgan fingerprint density at radius 3 is 2.87 bits per heavy atom. The smallest absolute Gasteiger partial charge is 0.228 e. The number of para-hydroxylation sites is 1. The van der Waals surface area contributed by atoms with E-state index in [9.17, 15) is 4.79 Å². The molecular formula is C16H15N5O2. The van der Waals surface area contributed by atoms with Gasteiger partial charge in [0.1, 0.15) is 5.75 Å². The Balaban J connectivity index is 1.72. The van der Waals surface area contributed by atoms with E-state index in [-0.39, 0.29) is 12.3 Å². The molecule has 1 aromatic heterocycles. The summed E-state index contributed by atoms with van der Waals surface area (Å²) in [6.07, 6.45) is 0.233. The fourth-order valence-corrected chi connectivity index (χ4v) is 2.25. The number of hydrogen-bond donors (Lipinski definition) is 2. The van der Waals surface area contributed by atoms with Gasteiger partial charge in [-0.3, -0.25) is 4.79 Å². The van der Waals surface area contributed by atoms with E-state index in [1.54, 1.807) is 13.2 Å². The third kappa shape index (κ3) is 3.52. The lowest BCUT2D eigenvalue weighted by Crippen LogP contribution is -2.14. The number of rotatable bonds is 5. The molecule has 0 aliphatic heterocycles. The number of amides is 1. The monoisotopic (exact) mass is 309 g/mol. The largest absolute Gasteiger partial charge is 0.496 e. The molecule has 0 spiro atoms. The quantitative estimate of drug-likeness (QED) is 0.752. The molecule has 116 valence electrons. The van der Waals surface area contributed by atoms with Crippen molar-refractivity contribution in [3.8, 4) is 17.1 Å². The normalized spacial score (nSPS) is 10.3. The van der Waals surface area contributed by atoms with E-state index in [0.29, 0.717) is 17.3 Å². The SMILES string of the molecule is COc1ccccc1CC(=O)Nc1cccc(-c2nn[nH]n2)c1. The Kier molecular flexibility index (Phi) is 4.28. The first-order valence-corrected chi connectivity index (χ1v) is 7.02. The number of methoxy groups -OCH3 is 1. The van der Waals surface area contributed by atoms with Gasteiger partial charge < -0.3 is 10.1 Å². The van der Waals surface area contributed by atoms with Gasteiger partial charge in [-0.1, -0.05) is 30.3 Å². The second-order valence-corrected chi connectivity index (χ2v) is 4.85. The minimum Gasteiger partial charge on any atom is -0.496 e. The highest BCUT2D eigenvalue weighted by Gasteiger charge is 2.10. The summed E-state index contributed by atoms with van der Waals surface area (Å²) in [5, 5.41) is 16.6. The minimum atomic E-state index is -0.125. The van der Waals surface area contributed by atoms with Gasteiger partial charge in [-0.05, 0) is 23.4 Å². The van der Waals surface area contributed by atoms with Gasteiger partial charge in [-0.2, -0.15) is 5.21 Å².